The molecule has 3 rings (SSSR count). The maximum Gasteiger partial charge on any atom is 0.264 e. The molecular formula is C21H25N3O3S2. The molecule has 1 aliphatic rings. The first-order valence-corrected chi connectivity index (χ1v) is 11.8. The van der Waals surface area contributed by atoms with Gasteiger partial charge in [-0.05, 0) is 42.0 Å². The van der Waals surface area contributed by atoms with E-state index in [1.807, 2.05) is 29.8 Å². The number of nitrogens with one attached hydrogen (secondary N) is 1. The second kappa shape index (κ2) is 10.5. The number of carbonyl (C=O) groups excluding carboxylic acids is 3. The molecule has 1 aromatic heterocycles. The third-order valence-electron chi connectivity index (χ3n) is 4.86. The van der Waals surface area contributed by atoms with Gasteiger partial charge in [0.25, 0.3) is 11.8 Å². The monoisotopic (exact) mass is 431 g/mol. The molecule has 1 atom stereocenters. The predicted molar refractivity (Wildman–Crippen MR) is 117 cm³/mol. The summed E-state index contributed by atoms with van der Waals surface area (Å²) in [5.74, 6) is 0.481. The fourth-order valence-corrected chi connectivity index (χ4v) is 4.39. The minimum Gasteiger partial charge on any atom is -0.340 e. The molecule has 2 heterocycles. The molecule has 0 saturated carbocycles. The average molecular weight is 432 g/mol. The Morgan fingerprint density at radius 1 is 1.03 bits per heavy atom. The van der Waals surface area contributed by atoms with Crippen LogP contribution in [0, 0.1) is 0 Å². The summed E-state index contributed by atoms with van der Waals surface area (Å²) in [7, 11) is 0. The Hall–Kier alpha value is -2.32. The van der Waals surface area contributed by atoms with Crippen LogP contribution in [-0.2, 0) is 4.79 Å². The molecule has 1 aromatic carbocycles. The number of benzene rings is 1. The molecular weight excluding hydrogens is 406 g/mol. The van der Waals surface area contributed by atoms with Crippen LogP contribution in [0.5, 0.6) is 0 Å². The van der Waals surface area contributed by atoms with Gasteiger partial charge < -0.3 is 15.1 Å². The number of hydrogen-bond acceptors (Lipinski definition) is 5. The standard InChI is InChI=1S/C21H25N3O3S2/c1-28-15-9-17(22-19(25)16-6-3-2-4-7-16)20(26)23-10-12-24(13-11-23)21(27)18-8-5-14-29-18/h2-8,14,17H,9-13,15H2,1H3,(H,22,25)/t17-/m1/s1. The van der Waals surface area contributed by atoms with E-state index >= 15 is 0 Å². The average Bonchev–Trinajstić information content (AvgIpc) is 3.31. The van der Waals surface area contributed by atoms with Crippen LogP contribution in [0.3, 0.4) is 0 Å². The topological polar surface area (TPSA) is 69.7 Å². The molecule has 1 saturated heterocycles. The Labute approximate surface area is 179 Å². The van der Waals surface area contributed by atoms with Crippen LogP contribution in [0.15, 0.2) is 47.8 Å². The number of piperazine rings is 1. The van der Waals surface area contributed by atoms with Crippen LogP contribution in [0.4, 0.5) is 0 Å². The highest BCUT2D eigenvalue weighted by Gasteiger charge is 2.30. The molecule has 1 N–H and O–H groups in total. The van der Waals surface area contributed by atoms with Gasteiger partial charge in [-0.1, -0.05) is 24.3 Å². The van der Waals surface area contributed by atoms with Gasteiger partial charge in [-0.25, -0.2) is 0 Å². The highest BCUT2D eigenvalue weighted by Crippen LogP contribution is 2.15. The third-order valence-corrected chi connectivity index (χ3v) is 6.36. The van der Waals surface area contributed by atoms with E-state index in [1.54, 1.807) is 45.8 Å². The fraction of sp³-hybridized carbons (Fsp3) is 0.381. The lowest BCUT2D eigenvalue weighted by molar-refractivity contribution is -0.134. The Morgan fingerprint density at radius 3 is 2.34 bits per heavy atom. The van der Waals surface area contributed by atoms with Crippen molar-refractivity contribution in [2.45, 2.75) is 12.5 Å². The van der Waals surface area contributed by atoms with Crippen LogP contribution >= 0.6 is 23.1 Å². The van der Waals surface area contributed by atoms with Crippen molar-refractivity contribution in [3.63, 3.8) is 0 Å². The zero-order valence-electron chi connectivity index (χ0n) is 16.4. The van der Waals surface area contributed by atoms with E-state index < -0.39 is 6.04 Å². The van der Waals surface area contributed by atoms with E-state index in [0.717, 1.165) is 10.6 Å². The van der Waals surface area contributed by atoms with Crippen molar-refractivity contribution in [3.8, 4) is 0 Å². The van der Waals surface area contributed by atoms with E-state index in [4.69, 9.17) is 0 Å². The van der Waals surface area contributed by atoms with Crippen molar-refractivity contribution in [2.75, 3.05) is 38.2 Å². The second-order valence-corrected chi connectivity index (χ2v) is 8.70. The van der Waals surface area contributed by atoms with Crippen molar-refractivity contribution >= 4 is 40.8 Å². The van der Waals surface area contributed by atoms with Crippen molar-refractivity contribution < 1.29 is 14.4 Å². The van der Waals surface area contributed by atoms with Crippen LogP contribution < -0.4 is 5.32 Å². The molecule has 8 heteroatoms. The number of thiophene rings is 1. The number of amides is 3. The molecule has 154 valence electrons. The smallest absolute Gasteiger partial charge is 0.264 e. The van der Waals surface area contributed by atoms with Gasteiger partial charge >= 0.3 is 0 Å². The van der Waals surface area contributed by atoms with Crippen molar-refractivity contribution in [3.05, 3.63) is 58.3 Å². The number of thioether (sulfide) groups is 1. The molecule has 0 radical (unpaired) electrons. The van der Waals surface area contributed by atoms with Crippen molar-refractivity contribution in [1.29, 1.82) is 0 Å². The first-order chi connectivity index (χ1) is 14.1. The summed E-state index contributed by atoms with van der Waals surface area (Å²) in [5.41, 5.74) is 0.542. The van der Waals surface area contributed by atoms with Crippen molar-refractivity contribution in [2.24, 2.45) is 0 Å². The molecule has 6 nitrogen and oxygen atoms in total. The van der Waals surface area contributed by atoms with E-state index in [2.05, 4.69) is 5.32 Å². The maximum atomic E-state index is 13.1. The SMILES string of the molecule is CSCC[C@@H](NC(=O)c1ccccc1)C(=O)N1CCN(C(=O)c2cccs2)CC1. The first-order valence-electron chi connectivity index (χ1n) is 9.56. The van der Waals surface area contributed by atoms with Crippen LogP contribution in [-0.4, -0.2) is 71.8 Å². The van der Waals surface area contributed by atoms with E-state index in [0.29, 0.717) is 38.2 Å². The van der Waals surface area contributed by atoms with E-state index in [1.165, 1.54) is 11.3 Å². The van der Waals surface area contributed by atoms with Crippen molar-refractivity contribution in [1.82, 2.24) is 15.1 Å². The van der Waals surface area contributed by atoms with E-state index in [9.17, 15) is 14.4 Å². The molecule has 2 aromatic rings. The lowest BCUT2D eigenvalue weighted by Crippen LogP contribution is -2.56. The quantitative estimate of drug-likeness (QED) is 0.732. The molecule has 1 fully saturated rings. The summed E-state index contributed by atoms with van der Waals surface area (Å²) in [6.45, 7) is 1.97. The molecule has 0 unspecified atom stereocenters. The predicted octanol–water partition coefficient (Wildman–Crippen LogP) is 2.58. The minimum atomic E-state index is -0.560. The Morgan fingerprint density at radius 2 is 1.72 bits per heavy atom. The van der Waals surface area contributed by atoms with Gasteiger partial charge in [-0.2, -0.15) is 11.8 Å². The van der Waals surface area contributed by atoms with Crippen LogP contribution in [0.1, 0.15) is 26.5 Å². The Kier molecular flexibility index (Phi) is 7.71. The molecule has 29 heavy (non-hydrogen) atoms. The highest BCUT2D eigenvalue weighted by atomic mass is 32.2. The highest BCUT2D eigenvalue weighted by molar-refractivity contribution is 7.98. The second-order valence-electron chi connectivity index (χ2n) is 6.77. The van der Waals surface area contributed by atoms with Crippen LogP contribution in [0.25, 0.3) is 0 Å². The number of rotatable bonds is 7. The normalized spacial score (nSPS) is 15.1. The molecule has 0 bridgehead atoms. The first kappa shape index (κ1) is 21.4. The van der Waals surface area contributed by atoms with Gasteiger partial charge in [-0.15, -0.1) is 11.3 Å². The summed E-state index contributed by atoms with van der Waals surface area (Å²) >= 11 is 3.07. The van der Waals surface area contributed by atoms with Gasteiger partial charge in [0, 0.05) is 31.7 Å². The lowest BCUT2D eigenvalue weighted by atomic mass is 10.1. The van der Waals surface area contributed by atoms with Gasteiger partial charge in [0.1, 0.15) is 6.04 Å². The summed E-state index contributed by atoms with van der Waals surface area (Å²) in [5, 5.41) is 4.79. The van der Waals surface area contributed by atoms with Crippen LogP contribution in [0.2, 0.25) is 0 Å². The zero-order chi connectivity index (χ0) is 20.6. The van der Waals surface area contributed by atoms with E-state index in [-0.39, 0.29) is 17.7 Å². The molecule has 0 spiro atoms. The fourth-order valence-electron chi connectivity index (χ4n) is 3.23. The van der Waals surface area contributed by atoms with Gasteiger partial charge in [-0.3, -0.25) is 14.4 Å². The summed E-state index contributed by atoms with van der Waals surface area (Å²) in [6, 6.07) is 12.1. The number of nitrogens with zero attached hydrogens (tertiary/aromatic N) is 2. The van der Waals surface area contributed by atoms with Gasteiger partial charge in [0.2, 0.25) is 5.91 Å². The molecule has 3 amide bonds. The maximum absolute atomic E-state index is 13.1. The Bertz CT molecular complexity index is 819. The van der Waals surface area contributed by atoms with Gasteiger partial charge in [0.15, 0.2) is 0 Å². The third kappa shape index (κ3) is 5.61. The molecule has 0 aliphatic carbocycles. The minimum absolute atomic E-state index is 0.0170. The molecule has 1 aliphatic heterocycles. The van der Waals surface area contributed by atoms with Gasteiger partial charge in [0.05, 0.1) is 4.88 Å². The number of carbonyl (C=O) groups is 3. The largest absolute Gasteiger partial charge is 0.340 e. The number of hydrogen-bond donors (Lipinski definition) is 1. The summed E-state index contributed by atoms with van der Waals surface area (Å²) in [4.78, 5) is 42.4. The lowest BCUT2D eigenvalue weighted by Gasteiger charge is -2.36. The summed E-state index contributed by atoms with van der Waals surface area (Å²) in [6.07, 6.45) is 2.56. The summed E-state index contributed by atoms with van der Waals surface area (Å²) < 4.78 is 0. The Balaban J connectivity index is 1.59. The zero-order valence-corrected chi connectivity index (χ0v) is 18.0.